The third-order valence-corrected chi connectivity index (χ3v) is 3.54. The van der Waals surface area contributed by atoms with Crippen LogP contribution in [0, 0.1) is 5.92 Å². The summed E-state index contributed by atoms with van der Waals surface area (Å²) in [6.45, 7) is 5.00. The molecule has 0 radical (unpaired) electrons. The summed E-state index contributed by atoms with van der Waals surface area (Å²) >= 11 is 0. The molecule has 0 saturated heterocycles. The van der Waals surface area contributed by atoms with Crippen molar-refractivity contribution in [2.45, 2.75) is 33.2 Å². The molecule has 0 fully saturated rings. The fourth-order valence-corrected chi connectivity index (χ4v) is 1.81. The van der Waals surface area contributed by atoms with Crippen molar-refractivity contribution in [1.82, 2.24) is 4.72 Å². The first-order chi connectivity index (χ1) is 6.34. The van der Waals surface area contributed by atoms with Gasteiger partial charge < -0.3 is 5.11 Å². The van der Waals surface area contributed by atoms with E-state index >= 15 is 0 Å². The molecule has 2 N–H and O–H groups in total. The molecule has 0 saturated carbocycles. The van der Waals surface area contributed by atoms with E-state index in [0.717, 1.165) is 0 Å². The van der Waals surface area contributed by atoms with Gasteiger partial charge in [0.2, 0.25) is 10.0 Å². The molecular formula is C8H17NO4S. The first-order valence-electron chi connectivity index (χ1n) is 4.56. The number of carbonyl (C=O) groups is 1. The highest BCUT2D eigenvalue weighted by Gasteiger charge is 2.27. The first kappa shape index (κ1) is 13.4. The molecule has 0 bridgehead atoms. The number of carboxylic acids is 1. The van der Waals surface area contributed by atoms with Gasteiger partial charge in [0.25, 0.3) is 0 Å². The summed E-state index contributed by atoms with van der Waals surface area (Å²) in [4.78, 5) is 10.8. The largest absolute Gasteiger partial charge is 0.480 e. The molecule has 0 heterocycles. The molecule has 0 rings (SSSR count). The SMILES string of the molecule is CCC(C)C(NS(=O)(=O)CC)C(=O)O. The summed E-state index contributed by atoms with van der Waals surface area (Å²) in [5, 5.41) is 8.81. The second-order valence-corrected chi connectivity index (χ2v) is 5.27. The van der Waals surface area contributed by atoms with Gasteiger partial charge in [-0.2, -0.15) is 0 Å². The van der Waals surface area contributed by atoms with Gasteiger partial charge in [-0.15, -0.1) is 0 Å². The predicted octanol–water partition coefficient (Wildman–Crippen LogP) is 0.425. The molecule has 0 aliphatic carbocycles. The van der Waals surface area contributed by atoms with Crippen molar-refractivity contribution in [3.05, 3.63) is 0 Å². The Morgan fingerprint density at radius 3 is 2.21 bits per heavy atom. The van der Waals surface area contributed by atoms with Gasteiger partial charge in [0.15, 0.2) is 0 Å². The molecule has 0 aliphatic heterocycles. The molecular weight excluding hydrogens is 206 g/mol. The van der Waals surface area contributed by atoms with Crippen LogP contribution in [-0.2, 0) is 14.8 Å². The number of rotatable bonds is 6. The van der Waals surface area contributed by atoms with Crippen LogP contribution in [-0.4, -0.2) is 31.3 Å². The third-order valence-electron chi connectivity index (χ3n) is 2.17. The van der Waals surface area contributed by atoms with Gasteiger partial charge in [-0.1, -0.05) is 20.3 Å². The highest BCUT2D eigenvalue weighted by atomic mass is 32.2. The Labute approximate surface area is 84.6 Å². The highest BCUT2D eigenvalue weighted by Crippen LogP contribution is 2.09. The molecule has 6 heteroatoms. The topological polar surface area (TPSA) is 83.5 Å². The number of carboxylic acid groups (broad SMARTS) is 1. The van der Waals surface area contributed by atoms with E-state index in [1.807, 2.05) is 6.92 Å². The van der Waals surface area contributed by atoms with Gasteiger partial charge in [0.05, 0.1) is 5.75 Å². The number of hydrogen-bond donors (Lipinski definition) is 2. The van der Waals surface area contributed by atoms with Crippen LogP contribution >= 0.6 is 0 Å². The van der Waals surface area contributed by atoms with E-state index in [0.29, 0.717) is 6.42 Å². The molecule has 2 unspecified atom stereocenters. The quantitative estimate of drug-likeness (QED) is 0.683. The molecule has 14 heavy (non-hydrogen) atoms. The summed E-state index contributed by atoms with van der Waals surface area (Å²) in [7, 11) is -3.45. The Kier molecular flexibility index (Phi) is 5.07. The lowest BCUT2D eigenvalue weighted by Gasteiger charge is -2.19. The zero-order valence-corrected chi connectivity index (χ0v) is 9.47. The maximum atomic E-state index is 11.2. The summed E-state index contributed by atoms with van der Waals surface area (Å²) in [6, 6.07) is -1.02. The van der Waals surface area contributed by atoms with Crippen molar-refractivity contribution >= 4 is 16.0 Å². The molecule has 0 aromatic heterocycles. The summed E-state index contributed by atoms with van der Waals surface area (Å²) in [6.07, 6.45) is 0.614. The monoisotopic (exact) mass is 223 g/mol. The minimum absolute atomic E-state index is 0.104. The average molecular weight is 223 g/mol. The number of nitrogens with one attached hydrogen (secondary N) is 1. The number of aliphatic carboxylic acids is 1. The van der Waals surface area contributed by atoms with Crippen LogP contribution in [0.2, 0.25) is 0 Å². The van der Waals surface area contributed by atoms with Crippen molar-refractivity contribution in [2.24, 2.45) is 5.92 Å². The van der Waals surface area contributed by atoms with Crippen molar-refractivity contribution in [2.75, 3.05) is 5.75 Å². The first-order valence-corrected chi connectivity index (χ1v) is 6.22. The molecule has 0 spiro atoms. The molecule has 0 aliphatic rings. The maximum absolute atomic E-state index is 11.2. The Morgan fingerprint density at radius 1 is 1.43 bits per heavy atom. The van der Waals surface area contributed by atoms with Crippen LogP contribution in [0.1, 0.15) is 27.2 Å². The van der Waals surface area contributed by atoms with Crippen LogP contribution in [0.4, 0.5) is 0 Å². The van der Waals surface area contributed by atoms with Crippen LogP contribution in [0.5, 0.6) is 0 Å². The van der Waals surface area contributed by atoms with Crippen molar-refractivity contribution in [1.29, 1.82) is 0 Å². The van der Waals surface area contributed by atoms with Crippen LogP contribution in [0.25, 0.3) is 0 Å². The van der Waals surface area contributed by atoms with E-state index in [9.17, 15) is 13.2 Å². The van der Waals surface area contributed by atoms with Gasteiger partial charge in [0, 0.05) is 0 Å². The van der Waals surface area contributed by atoms with Gasteiger partial charge in [-0.3, -0.25) is 4.79 Å². The summed E-state index contributed by atoms with van der Waals surface area (Å²) in [5.41, 5.74) is 0. The minimum Gasteiger partial charge on any atom is -0.480 e. The number of sulfonamides is 1. The second-order valence-electron chi connectivity index (χ2n) is 3.22. The lowest BCUT2D eigenvalue weighted by Crippen LogP contribution is -2.45. The summed E-state index contributed by atoms with van der Waals surface area (Å²) in [5.74, 6) is -1.45. The maximum Gasteiger partial charge on any atom is 0.322 e. The van der Waals surface area contributed by atoms with E-state index in [2.05, 4.69) is 4.72 Å². The average Bonchev–Trinajstić information content (AvgIpc) is 2.13. The summed E-state index contributed by atoms with van der Waals surface area (Å²) < 4.78 is 24.5. The lowest BCUT2D eigenvalue weighted by atomic mass is 10.0. The zero-order chi connectivity index (χ0) is 11.4. The highest BCUT2D eigenvalue weighted by molar-refractivity contribution is 7.89. The smallest absolute Gasteiger partial charge is 0.322 e. The predicted molar refractivity (Wildman–Crippen MR) is 53.5 cm³/mol. The molecule has 5 nitrogen and oxygen atoms in total. The lowest BCUT2D eigenvalue weighted by molar-refractivity contribution is -0.140. The normalized spacial score (nSPS) is 16.2. The van der Waals surface area contributed by atoms with Crippen molar-refractivity contribution < 1.29 is 18.3 Å². The van der Waals surface area contributed by atoms with Gasteiger partial charge >= 0.3 is 5.97 Å². The van der Waals surface area contributed by atoms with E-state index < -0.39 is 22.0 Å². The van der Waals surface area contributed by atoms with E-state index in [1.54, 1.807) is 6.92 Å². The molecule has 0 aromatic carbocycles. The molecule has 2 atom stereocenters. The molecule has 84 valence electrons. The van der Waals surface area contributed by atoms with Gasteiger partial charge in [0.1, 0.15) is 6.04 Å². The standard InChI is InChI=1S/C8H17NO4S/c1-4-6(3)7(8(10)11)9-14(12,13)5-2/h6-7,9H,4-5H2,1-3H3,(H,10,11). The van der Waals surface area contributed by atoms with Crippen molar-refractivity contribution in [3.8, 4) is 0 Å². The third kappa shape index (κ3) is 4.06. The zero-order valence-electron chi connectivity index (χ0n) is 8.65. The Balaban J connectivity index is 4.63. The van der Waals surface area contributed by atoms with E-state index in [1.165, 1.54) is 6.92 Å². The second kappa shape index (κ2) is 5.31. The van der Waals surface area contributed by atoms with E-state index in [-0.39, 0.29) is 11.7 Å². The van der Waals surface area contributed by atoms with Crippen LogP contribution < -0.4 is 4.72 Å². The Morgan fingerprint density at radius 2 is 1.93 bits per heavy atom. The van der Waals surface area contributed by atoms with Crippen molar-refractivity contribution in [3.63, 3.8) is 0 Å². The van der Waals surface area contributed by atoms with Gasteiger partial charge in [-0.25, -0.2) is 13.1 Å². The number of hydrogen-bond acceptors (Lipinski definition) is 3. The minimum atomic E-state index is -3.45. The fraction of sp³-hybridized carbons (Fsp3) is 0.875. The Hall–Kier alpha value is -0.620. The fourth-order valence-electron chi connectivity index (χ4n) is 0.922. The van der Waals surface area contributed by atoms with Gasteiger partial charge in [-0.05, 0) is 12.8 Å². The van der Waals surface area contributed by atoms with E-state index in [4.69, 9.17) is 5.11 Å². The molecule has 0 aromatic rings. The Bertz CT molecular complexity index is 286. The van der Waals surface area contributed by atoms with Crippen LogP contribution in [0.15, 0.2) is 0 Å². The molecule has 0 amide bonds. The van der Waals surface area contributed by atoms with Crippen LogP contribution in [0.3, 0.4) is 0 Å².